The van der Waals surface area contributed by atoms with E-state index in [1.54, 1.807) is 24.3 Å². The van der Waals surface area contributed by atoms with E-state index in [2.05, 4.69) is 10.2 Å². The predicted molar refractivity (Wildman–Crippen MR) is 59.1 cm³/mol. The van der Waals surface area contributed by atoms with Gasteiger partial charge < -0.3 is 4.74 Å². The second kappa shape index (κ2) is 3.66. The first-order chi connectivity index (χ1) is 7.05. The Labute approximate surface area is 93.4 Å². The highest BCUT2D eigenvalue weighted by Crippen LogP contribution is 2.25. The molecule has 1 aliphatic heterocycles. The zero-order valence-corrected chi connectivity index (χ0v) is 9.32. The minimum atomic E-state index is -0.262. The summed E-state index contributed by atoms with van der Waals surface area (Å²) in [4.78, 5) is 0. The van der Waals surface area contributed by atoms with E-state index in [0.717, 1.165) is 0 Å². The van der Waals surface area contributed by atoms with Gasteiger partial charge in [-0.25, -0.2) is 0 Å². The highest BCUT2D eigenvalue weighted by atomic mass is 35.5. The fraction of sp³-hybridized carbons (Fsp3) is 0.273. The van der Waals surface area contributed by atoms with E-state index in [4.69, 9.17) is 16.3 Å². The minimum absolute atomic E-state index is 0.262. The van der Waals surface area contributed by atoms with E-state index < -0.39 is 0 Å². The van der Waals surface area contributed by atoms with Crippen LogP contribution in [0.25, 0.3) is 0 Å². The van der Waals surface area contributed by atoms with Gasteiger partial charge >= 0.3 is 0 Å². The highest BCUT2D eigenvalue weighted by molar-refractivity contribution is 6.30. The number of hydrogen-bond donors (Lipinski definition) is 0. The molecule has 0 saturated heterocycles. The summed E-state index contributed by atoms with van der Waals surface area (Å²) in [7, 11) is 0. The van der Waals surface area contributed by atoms with Crippen LogP contribution in [0.3, 0.4) is 0 Å². The quantitative estimate of drug-likeness (QED) is 0.749. The average Bonchev–Trinajstić information content (AvgIpc) is 2.50. The third kappa shape index (κ3) is 2.57. The Morgan fingerprint density at radius 3 is 2.40 bits per heavy atom. The molecule has 4 heteroatoms. The van der Waals surface area contributed by atoms with Crippen LogP contribution in [0.2, 0.25) is 5.02 Å². The SMILES string of the molecule is CC1(C)C=C(Oc2ccc(Cl)cc2)N=N1. The summed E-state index contributed by atoms with van der Waals surface area (Å²) in [5.74, 6) is 1.24. The third-order valence-electron chi connectivity index (χ3n) is 1.92. The number of nitrogens with zero attached hydrogens (tertiary/aromatic N) is 2. The van der Waals surface area contributed by atoms with Crippen molar-refractivity contribution in [3.8, 4) is 5.75 Å². The number of ether oxygens (including phenoxy) is 1. The lowest BCUT2D eigenvalue weighted by atomic mass is 10.1. The summed E-state index contributed by atoms with van der Waals surface area (Å²) in [6, 6.07) is 7.14. The van der Waals surface area contributed by atoms with Gasteiger partial charge in [-0.3, -0.25) is 0 Å². The van der Waals surface area contributed by atoms with Gasteiger partial charge in [0, 0.05) is 11.1 Å². The Kier molecular flexibility index (Phi) is 2.49. The van der Waals surface area contributed by atoms with Crippen molar-refractivity contribution < 1.29 is 4.74 Å². The largest absolute Gasteiger partial charge is 0.438 e. The first kappa shape index (κ1) is 10.2. The van der Waals surface area contributed by atoms with Gasteiger partial charge in [-0.1, -0.05) is 11.6 Å². The molecule has 0 bridgehead atoms. The fourth-order valence-corrected chi connectivity index (χ4v) is 1.34. The second-order valence-corrected chi connectivity index (χ2v) is 4.33. The van der Waals surface area contributed by atoms with Crippen molar-refractivity contribution in [2.45, 2.75) is 19.4 Å². The molecule has 0 amide bonds. The number of halogens is 1. The molecule has 15 heavy (non-hydrogen) atoms. The summed E-state index contributed by atoms with van der Waals surface area (Å²) in [6.07, 6.45) is 1.88. The van der Waals surface area contributed by atoms with Crippen molar-refractivity contribution in [1.82, 2.24) is 0 Å². The van der Waals surface area contributed by atoms with Gasteiger partial charge in [0.05, 0.1) is 5.54 Å². The molecule has 0 N–H and O–H groups in total. The minimum Gasteiger partial charge on any atom is -0.438 e. The third-order valence-corrected chi connectivity index (χ3v) is 2.17. The number of azo groups is 1. The van der Waals surface area contributed by atoms with Crippen molar-refractivity contribution in [1.29, 1.82) is 0 Å². The van der Waals surface area contributed by atoms with E-state index in [-0.39, 0.29) is 5.54 Å². The maximum Gasteiger partial charge on any atom is 0.236 e. The molecule has 0 fully saturated rings. The molecular weight excluding hydrogens is 212 g/mol. The molecule has 0 unspecified atom stereocenters. The second-order valence-electron chi connectivity index (χ2n) is 3.89. The Hall–Kier alpha value is -1.35. The predicted octanol–water partition coefficient (Wildman–Crippen LogP) is 3.80. The Morgan fingerprint density at radius 2 is 1.87 bits per heavy atom. The number of rotatable bonds is 2. The first-order valence-corrected chi connectivity index (χ1v) is 5.02. The van der Waals surface area contributed by atoms with Crippen molar-refractivity contribution in [2.24, 2.45) is 10.2 Å². The summed E-state index contributed by atoms with van der Waals surface area (Å²) in [6.45, 7) is 3.93. The van der Waals surface area contributed by atoms with E-state index in [9.17, 15) is 0 Å². The average molecular weight is 223 g/mol. The molecular formula is C11H11ClN2O. The van der Waals surface area contributed by atoms with Crippen LogP contribution in [0, 0.1) is 0 Å². The van der Waals surface area contributed by atoms with E-state index in [1.807, 2.05) is 19.9 Å². The van der Waals surface area contributed by atoms with Gasteiger partial charge in [0.2, 0.25) is 5.88 Å². The number of hydrogen-bond acceptors (Lipinski definition) is 3. The van der Waals surface area contributed by atoms with Gasteiger partial charge in [0.15, 0.2) is 0 Å². The molecule has 1 heterocycles. The van der Waals surface area contributed by atoms with Gasteiger partial charge in [0.25, 0.3) is 0 Å². The van der Waals surface area contributed by atoms with Crippen LogP contribution in [0.5, 0.6) is 5.75 Å². The molecule has 0 aliphatic carbocycles. The standard InChI is InChI=1S/C11H11ClN2O/c1-11(2)7-10(13-14-11)15-9-5-3-8(12)4-6-9/h3-7H,1-2H3. The summed E-state index contributed by atoms with van der Waals surface area (Å²) in [5, 5.41) is 8.67. The Morgan fingerprint density at radius 1 is 1.20 bits per heavy atom. The highest BCUT2D eigenvalue weighted by Gasteiger charge is 2.21. The summed E-state index contributed by atoms with van der Waals surface area (Å²) < 4.78 is 5.51. The van der Waals surface area contributed by atoms with Gasteiger partial charge in [0.1, 0.15) is 5.75 Å². The molecule has 0 spiro atoms. The van der Waals surface area contributed by atoms with Crippen molar-refractivity contribution in [2.75, 3.05) is 0 Å². The first-order valence-electron chi connectivity index (χ1n) is 4.64. The Bertz CT molecular complexity index is 421. The van der Waals surface area contributed by atoms with Crippen LogP contribution in [0.1, 0.15) is 13.8 Å². The zero-order chi connectivity index (χ0) is 10.9. The van der Waals surface area contributed by atoms with E-state index >= 15 is 0 Å². The lowest BCUT2D eigenvalue weighted by molar-refractivity contribution is 0.419. The molecule has 2 rings (SSSR count). The maximum absolute atomic E-state index is 5.76. The van der Waals surface area contributed by atoms with Gasteiger partial charge in [-0.05, 0) is 38.1 Å². The van der Waals surface area contributed by atoms with Crippen molar-refractivity contribution in [3.05, 3.63) is 41.2 Å². The van der Waals surface area contributed by atoms with Gasteiger partial charge in [-0.15, -0.1) is 5.11 Å². The number of benzene rings is 1. The monoisotopic (exact) mass is 222 g/mol. The van der Waals surface area contributed by atoms with Gasteiger partial charge in [-0.2, -0.15) is 5.11 Å². The molecule has 1 aromatic carbocycles. The molecule has 0 saturated carbocycles. The summed E-state index contributed by atoms with van der Waals surface area (Å²) >= 11 is 5.76. The van der Waals surface area contributed by atoms with Crippen LogP contribution in [0.15, 0.2) is 46.5 Å². The molecule has 3 nitrogen and oxygen atoms in total. The Balaban J connectivity index is 2.11. The molecule has 1 aliphatic rings. The lowest BCUT2D eigenvalue weighted by Crippen LogP contribution is -2.08. The van der Waals surface area contributed by atoms with Crippen LogP contribution in [-0.2, 0) is 0 Å². The van der Waals surface area contributed by atoms with Crippen LogP contribution in [0.4, 0.5) is 0 Å². The fourth-order valence-electron chi connectivity index (χ4n) is 1.21. The van der Waals surface area contributed by atoms with Crippen LogP contribution in [-0.4, -0.2) is 5.54 Å². The molecule has 0 aromatic heterocycles. The topological polar surface area (TPSA) is 34.0 Å². The molecule has 1 aromatic rings. The molecule has 0 atom stereocenters. The maximum atomic E-state index is 5.76. The lowest BCUT2D eigenvalue weighted by Gasteiger charge is -2.05. The molecule has 78 valence electrons. The zero-order valence-electron chi connectivity index (χ0n) is 8.57. The van der Waals surface area contributed by atoms with Crippen LogP contribution >= 0.6 is 11.6 Å². The van der Waals surface area contributed by atoms with Crippen molar-refractivity contribution in [3.63, 3.8) is 0 Å². The molecule has 0 radical (unpaired) electrons. The van der Waals surface area contributed by atoms with E-state index in [1.165, 1.54) is 0 Å². The van der Waals surface area contributed by atoms with E-state index in [0.29, 0.717) is 16.7 Å². The van der Waals surface area contributed by atoms with Crippen molar-refractivity contribution >= 4 is 11.6 Å². The summed E-state index contributed by atoms with van der Waals surface area (Å²) in [5.41, 5.74) is -0.262. The smallest absolute Gasteiger partial charge is 0.236 e. The van der Waals surface area contributed by atoms with Crippen LogP contribution < -0.4 is 4.74 Å². The normalized spacial score (nSPS) is 17.7.